The van der Waals surface area contributed by atoms with Crippen molar-refractivity contribution in [1.29, 1.82) is 0 Å². The van der Waals surface area contributed by atoms with Crippen molar-refractivity contribution in [3.63, 3.8) is 0 Å². The molecule has 0 aliphatic carbocycles. The Kier molecular flexibility index (Phi) is 3.87. The third-order valence-corrected chi connectivity index (χ3v) is 2.45. The van der Waals surface area contributed by atoms with Crippen molar-refractivity contribution in [3.05, 3.63) is 0 Å². The molecule has 1 saturated heterocycles. The van der Waals surface area contributed by atoms with E-state index in [0.717, 1.165) is 12.5 Å². The summed E-state index contributed by atoms with van der Waals surface area (Å²) < 4.78 is 0. The first-order chi connectivity index (χ1) is 5.33. The molecule has 0 aromatic carbocycles. The smallest absolute Gasteiger partial charge is 0.0456 e. The van der Waals surface area contributed by atoms with Gasteiger partial charge in [-0.15, -0.1) is 0 Å². The molecule has 0 aromatic heterocycles. The molecule has 2 atom stereocenters. The zero-order chi connectivity index (χ0) is 8.10. The first-order valence-corrected chi connectivity index (χ1v) is 4.64. The summed E-state index contributed by atoms with van der Waals surface area (Å²) in [6.07, 6.45) is 3.84. The molecule has 1 heterocycles. The predicted octanol–water partition coefficient (Wildman–Crippen LogP) is 1.00. The van der Waals surface area contributed by atoms with E-state index in [1.165, 1.54) is 25.8 Å². The lowest BCUT2D eigenvalue weighted by molar-refractivity contribution is 0.201. The van der Waals surface area contributed by atoms with Gasteiger partial charge in [0.2, 0.25) is 0 Å². The number of rotatable bonds is 3. The first kappa shape index (κ1) is 9.01. The standard InChI is InChI=1S/C9H19NO/c1-8(7-11)5-9-3-2-4-10-6-9/h8-11H,2-7H2,1H3. The fraction of sp³-hybridized carbons (Fsp3) is 1.00. The van der Waals surface area contributed by atoms with Crippen molar-refractivity contribution in [1.82, 2.24) is 5.32 Å². The summed E-state index contributed by atoms with van der Waals surface area (Å²) in [4.78, 5) is 0. The highest BCUT2D eigenvalue weighted by Gasteiger charge is 2.15. The number of piperidine rings is 1. The van der Waals surface area contributed by atoms with Crippen molar-refractivity contribution in [2.75, 3.05) is 19.7 Å². The van der Waals surface area contributed by atoms with Gasteiger partial charge in [0.15, 0.2) is 0 Å². The maximum atomic E-state index is 8.85. The molecule has 0 spiro atoms. The molecule has 2 N–H and O–H groups in total. The van der Waals surface area contributed by atoms with Crippen LogP contribution < -0.4 is 5.32 Å². The van der Waals surface area contributed by atoms with Crippen LogP contribution in [0.1, 0.15) is 26.2 Å². The minimum Gasteiger partial charge on any atom is -0.396 e. The molecule has 2 unspecified atom stereocenters. The Bertz CT molecular complexity index is 99.7. The average Bonchev–Trinajstić information content (AvgIpc) is 2.06. The molecule has 66 valence electrons. The number of hydrogen-bond acceptors (Lipinski definition) is 2. The molecule has 2 heteroatoms. The second-order valence-electron chi connectivity index (χ2n) is 3.74. The molecule has 0 radical (unpaired) electrons. The lowest BCUT2D eigenvalue weighted by Crippen LogP contribution is -2.31. The lowest BCUT2D eigenvalue weighted by Gasteiger charge is -2.24. The lowest BCUT2D eigenvalue weighted by atomic mass is 9.90. The zero-order valence-corrected chi connectivity index (χ0v) is 7.34. The summed E-state index contributed by atoms with van der Waals surface area (Å²) in [5.41, 5.74) is 0. The molecule has 1 aliphatic rings. The Hall–Kier alpha value is -0.0800. The predicted molar refractivity (Wildman–Crippen MR) is 46.5 cm³/mol. The van der Waals surface area contributed by atoms with Gasteiger partial charge in [0.25, 0.3) is 0 Å². The molecule has 1 aliphatic heterocycles. The average molecular weight is 157 g/mol. The third kappa shape index (κ3) is 3.21. The van der Waals surface area contributed by atoms with Crippen LogP contribution in [0.4, 0.5) is 0 Å². The minimum atomic E-state index is 0.344. The van der Waals surface area contributed by atoms with Crippen molar-refractivity contribution in [3.8, 4) is 0 Å². The summed E-state index contributed by atoms with van der Waals surface area (Å²) >= 11 is 0. The van der Waals surface area contributed by atoms with Crippen molar-refractivity contribution >= 4 is 0 Å². The summed E-state index contributed by atoms with van der Waals surface area (Å²) in [6.45, 7) is 4.81. The molecular weight excluding hydrogens is 138 g/mol. The van der Waals surface area contributed by atoms with E-state index < -0.39 is 0 Å². The molecule has 2 nitrogen and oxygen atoms in total. The third-order valence-electron chi connectivity index (χ3n) is 2.45. The van der Waals surface area contributed by atoms with Gasteiger partial charge in [-0.2, -0.15) is 0 Å². The van der Waals surface area contributed by atoms with Crippen LogP contribution in [0.2, 0.25) is 0 Å². The Balaban J connectivity index is 2.13. The summed E-state index contributed by atoms with van der Waals surface area (Å²) in [5, 5.41) is 12.2. The van der Waals surface area contributed by atoms with Gasteiger partial charge in [-0.3, -0.25) is 0 Å². The fourth-order valence-electron chi connectivity index (χ4n) is 1.77. The molecular formula is C9H19NO. The van der Waals surface area contributed by atoms with Crippen LogP contribution in [0, 0.1) is 11.8 Å². The van der Waals surface area contributed by atoms with E-state index in [4.69, 9.17) is 5.11 Å². The maximum Gasteiger partial charge on any atom is 0.0456 e. The number of aliphatic hydroxyl groups excluding tert-OH is 1. The van der Waals surface area contributed by atoms with Crippen LogP contribution in [0.5, 0.6) is 0 Å². The van der Waals surface area contributed by atoms with E-state index in [2.05, 4.69) is 12.2 Å². The van der Waals surface area contributed by atoms with Gasteiger partial charge in [0, 0.05) is 6.61 Å². The van der Waals surface area contributed by atoms with E-state index in [1.807, 2.05) is 0 Å². The van der Waals surface area contributed by atoms with Gasteiger partial charge in [-0.25, -0.2) is 0 Å². The number of nitrogens with one attached hydrogen (secondary N) is 1. The highest BCUT2D eigenvalue weighted by Crippen LogP contribution is 2.18. The molecule has 1 fully saturated rings. The van der Waals surface area contributed by atoms with Crippen LogP contribution in [-0.4, -0.2) is 24.8 Å². The highest BCUT2D eigenvalue weighted by molar-refractivity contribution is 4.70. The molecule has 0 aromatic rings. The summed E-state index contributed by atoms with van der Waals surface area (Å²) in [7, 11) is 0. The topological polar surface area (TPSA) is 32.3 Å². The summed E-state index contributed by atoms with van der Waals surface area (Å²) in [5.74, 6) is 1.30. The van der Waals surface area contributed by atoms with Gasteiger partial charge in [-0.1, -0.05) is 6.92 Å². The van der Waals surface area contributed by atoms with Crippen LogP contribution >= 0.6 is 0 Å². The number of hydrogen-bond donors (Lipinski definition) is 2. The first-order valence-electron chi connectivity index (χ1n) is 4.64. The maximum absolute atomic E-state index is 8.85. The zero-order valence-electron chi connectivity index (χ0n) is 7.34. The van der Waals surface area contributed by atoms with Gasteiger partial charge in [-0.05, 0) is 44.2 Å². The Labute approximate surface area is 69.0 Å². The van der Waals surface area contributed by atoms with E-state index in [9.17, 15) is 0 Å². The monoisotopic (exact) mass is 157 g/mol. The van der Waals surface area contributed by atoms with Gasteiger partial charge in [0.1, 0.15) is 0 Å². The molecule has 0 saturated carbocycles. The van der Waals surface area contributed by atoms with Crippen LogP contribution in [-0.2, 0) is 0 Å². The second-order valence-corrected chi connectivity index (χ2v) is 3.74. The van der Waals surface area contributed by atoms with Gasteiger partial charge >= 0.3 is 0 Å². The van der Waals surface area contributed by atoms with Crippen molar-refractivity contribution < 1.29 is 5.11 Å². The Morgan fingerprint density at radius 1 is 1.64 bits per heavy atom. The summed E-state index contributed by atoms with van der Waals surface area (Å²) in [6, 6.07) is 0. The van der Waals surface area contributed by atoms with E-state index in [0.29, 0.717) is 12.5 Å². The quantitative estimate of drug-likeness (QED) is 0.640. The second kappa shape index (κ2) is 4.73. The van der Waals surface area contributed by atoms with E-state index in [-0.39, 0.29) is 0 Å². The molecule has 0 amide bonds. The van der Waals surface area contributed by atoms with Crippen molar-refractivity contribution in [2.45, 2.75) is 26.2 Å². The Morgan fingerprint density at radius 3 is 3.00 bits per heavy atom. The highest BCUT2D eigenvalue weighted by atomic mass is 16.3. The van der Waals surface area contributed by atoms with Gasteiger partial charge < -0.3 is 10.4 Å². The largest absolute Gasteiger partial charge is 0.396 e. The molecule has 0 bridgehead atoms. The Morgan fingerprint density at radius 2 is 2.45 bits per heavy atom. The molecule has 1 rings (SSSR count). The van der Waals surface area contributed by atoms with Gasteiger partial charge in [0.05, 0.1) is 0 Å². The molecule has 11 heavy (non-hydrogen) atoms. The van der Waals surface area contributed by atoms with E-state index in [1.54, 1.807) is 0 Å². The minimum absolute atomic E-state index is 0.344. The number of aliphatic hydroxyl groups is 1. The van der Waals surface area contributed by atoms with E-state index >= 15 is 0 Å². The fourth-order valence-corrected chi connectivity index (χ4v) is 1.77. The van der Waals surface area contributed by atoms with Crippen LogP contribution in [0.3, 0.4) is 0 Å². The van der Waals surface area contributed by atoms with Crippen LogP contribution in [0.15, 0.2) is 0 Å². The van der Waals surface area contributed by atoms with Crippen molar-refractivity contribution in [2.24, 2.45) is 11.8 Å². The normalized spacial score (nSPS) is 28.4. The van der Waals surface area contributed by atoms with Crippen LogP contribution in [0.25, 0.3) is 0 Å². The SMILES string of the molecule is CC(CO)CC1CCCNC1.